The van der Waals surface area contributed by atoms with Crippen molar-refractivity contribution in [1.82, 2.24) is 4.90 Å². The second-order valence-corrected chi connectivity index (χ2v) is 3.67. The van der Waals surface area contributed by atoms with E-state index in [4.69, 9.17) is 0 Å². The predicted octanol–water partition coefficient (Wildman–Crippen LogP) is 3.76. The van der Waals surface area contributed by atoms with Gasteiger partial charge in [-0.15, -0.1) is 0 Å². The summed E-state index contributed by atoms with van der Waals surface area (Å²) in [4.78, 5) is 2.33. The van der Waals surface area contributed by atoms with Gasteiger partial charge in [0, 0.05) is 6.42 Å². The van der Waals surface area contributed by atoms with Crippen molar-refractivity contribution in [2.45, 2.75) is 47.0 Å². The van der Waals surface area contributed by atoms with E-state index in [1.54, 1.807) is 0 Å². The van der Waals surface area contributed by atoms with E-state index in [0.29, 0.717) is 6.42 Å². The maximum atomic E-state index is 13.3. The van der Waals surface area contributed by atoms with Crippen LogP contribution in [0.25, 0.3) is 0 Å². The van der Waals surface area contributed by atoms with Gasteiger partial charge in [0.1, 0.15) is 0 Å². The van der Waals surface area contributed by atoms with Gasteiger partial charge in [0.25, 0.3) is 0 Å². The monoisotopic (exact) mass is 201 g/mol. The van der Waals surface area contributed by atoms with Gasteiger partial charge < -0.3 is 4.90 Å². The first-order valence-corrected chi connectivity index (χ1v) is 5.72. The van der Waals surface area contributed by atoms with Gasteiger partial charge in [-0.2, -0.15) is 0 Å². The lowest BCUT2D eigenvalue weighted by Crippen LogP contribution is -2.23. The Balaban J connectivity index is 3.73. The highest BCUT2D eigenvalue weighted by Crippen LogP contribution is 2.15. The van der Waals surface area contributed by atoms with Crippen LogP contribution in [0.4, 0.5) is 4.39 Å². The first-order chi connectivity index (χ1) is 6.65. The van der Waals surface area contributed by atoms with Crippen molar-refractivity contribution in [3.63, 3.8) is 0 Å². The molecule has 0 aromatic rings. The molecule has 0 heterocycles. The molecule has 0 amide bonds. The van der Waals surface area contributed by atoms with Crippen LogP contribution in [0.2, 0.25) is 0 Å². The summed E-state index contributed by atoms with van der Waals surface area (Å²) in [5, 5.41) is 0. The molecule has 14 heavy (non-hydrogen) atoms. The van der Waals surface area contributed by atoms with Crippen LogP contribution < -0.4 is 0 Å². The SMILES string of the molecule is CC/C(C)=C(\F)CCCN(CC)CC. The zero-order valence-electron chi connectivity index (χ0n) is 10.1. The molecule has 84 valence electrons. The summed E-state index contributed by atoms with van der Waals surface area (Å²) in [6.07, 6.45) is 2.37. The fourth-order valence-electron chi connectivity index (χ4n) is 1.40. The maximum Gasteiger partial charge on any atom is 0.0989 e. The van der Waals surface area contributed by atoms with Crippen LogP contribution in [0.1, 0.15) is 47.0 Å². The van der Waals surface area contributed by atoms with Gasteiger partial charge in [-0.25, -0.2) is 4.39 Å². The minimum Gasteiger partial charge on any atom is -0.304 e. The van der Waals surface area contributed by atoms with Crippen LogP contribution in [0.5, 0.6) is 0 Å². The Morgan fingerprint density at radius 1 is 1.14 bits per heavy atom. The summed E-state index contributed by atoms with van der Waals surface area (Å²) in [5.74, 6) is 0.0969. The molecular formula is C12H24FN. The van der Waals surface area contributed by atoms with Crippen LogP contribution in [0, 0.1) is 0 Å². The minimum atomic E-state index is 0.0969. The molecule has 0 aromatic heterocycles. The first kappa shape index (κ1) is 13.6. The second kappa shape index (κ2) is 7.98. The van der Waals surface area contributed by atoms with E-state index in [1.807, 2.05) is 13.8 Å². The first-order valence-electron chi connectivity index (χ1n) is 5.72. The van der Waals surface area contributed by atoms with Gasteiger partial charge in [-0.05, 0) is 45.0 Å². The third-order valence-electron chi connectivity index (χ3n) is 2.76. The third-order valence-corrected chi connectivity index (χ3v) is 2.76. The standard InChI is InChI=1S/C12H24FN/c1-5-11(4)12(13)9-8-10-14(6-2)7-3/h5-10H2,1-4H3/b12-11-. The molecule has 0 aliphatic heterocycles. The lowest BCUT2D eigenvalue weighted by molar-refractivity contribution is 0.296. The minimum absolute atomic E-state index is 0.0969. The normalized spacial score (nSPS) is 13.3. The van der Waals surface area contributed by atoms with E-state index in [2.05, 4.69) is 18.7 Å². The summed E-state index contributed by atoms with van der Waals surface area (Å²) < 4.78 is 13.3. The van der Waals surface area contributed by atoms with Crippen LogP contribution in [0.15, 0.2) is 11.4 Å². The molecule has 0 aliphatic rings. The molecule has 0 bridgehead atoms. The number of rotatable bonds is 7. The zero-order valence-corrected chi connectivity index (χ0v) is 10.1. The van der Waals surface area contributed by atoms with E-state index in [9.17, 15) is 4.39 Å². The van der Waals surface area contributed by atoms with Crippen LogP contribution in [-0.4, -0.2) is 24.5 Å². The summed E-state index contributed by atoms with van der Waals surface area (Å²) in [6.45, 7) is 11.3. The van der Waals surface area contributed by atoms with Crippen LogP contribution in [-0.2, 0) is 0 Å². The number of halogens is 1. The molecular weight excluding hydrogens is 177 g/mol. The van der Waals surface area contributed by atoms with Gasteiger partial charge >= 0.3 is 0 Å². The van der Waals surface area contributed by atoms with Crippen molar-refractivity contribution in [2.24, 2.45) is 0 Å². The molecule has 0 atom stereocenters. The van der Waals surface area contributed by atoms with Gasteiger partial charge in [-0.3, -0.25) is 0 Å². The Morgan fingerprint density at radius 3 is 2.14 bits per heavy atom. The molecule has 0 spiro atoms. The fraction of sp³-hybridized carbons (Fsp3) is 0.833. The van der Waals surface area contributed by atoms with Crippen molar-refractivity contribution >= 4 is 0 Å². The van der Waals surface area contributed by atoms with Gasteiger partial charge in [0.15, 0.2) is 0 Å². The van der Waals surface area contributed by atoms with E-state index >= 15 is 0 Å². The summed E-state index contributed by atoms with van der Waals surface area (Å²) >= 11 is 0. The second-order valence-electron chi connectivity index (χ2n) is 3.67. The molecule has 0 saturated carbocycles. The van der Waals surface area contributed by atoms with Crippen molar-refractivity contribution in [3.05, 3.63) is 11.4 Å². The summed E-state index contributed by atoms with van der Waals surface area (Å²) in [7, 11) is 0. The number of hydrogen-bond acceptors (Lipinski definition) is 1. The van der Waals surface area contributed by atoms with Crippen molar-refractivity contribution in [1.29, 1.82) is 0 Å². The highest BCUT2D eigenvalue weighted by molar-refractivity contribution is 5.03. The van der Waals surface area contributed by atoms with Crippen LogP contribution in [0.3, 0.4) is 0 Å². The van der Waals surface area contributed by atoms with Gasteiger partial charge in [0.05, 0.1) is 5.83 Å². The fourth-order valence-corrected chi connectivity index (χ4v) is 1.40. The topological polar surface area (TPSA) is 3.24 Å². The molecule has 0 aliphatic carbocycles. The Bertz CT molecular complexity index is 171. The molecule has 0 radical (unpaired) electrons. The maximum absolute atomic E-state index is 13.3. The molecule has 0 rings (SSSR count). The highest BCUT2D eigenvalue weighted by Gasteiger charge is 2.02. The molecule has 0 unspecified atom stereocenters. The van der Waals surface area contributed by atoms with Crippen LogP contribution >= 0.6 is 0 Å². The van der Waals surface area contributed by atoms with E-state index < -0.39 is 0 Å². The van der Waals surface area contributed by atoms with Crippen molar-refractivity contribution in [2.75, 3.05) is 19.6 Å². The highest BCUT2D eigenvalue weighted by atomic mass is 19.1. The lowest BCUT2D eigenvalue weighted by atomic mass is 10.1. The Hall–Kier alpha value is -0.370. The molecule has 0 N–H and O–H groups in total. The van der Waals surface area contributed by atoms with Gasteiger partial charge in [-0.1, -0.05) is 20.8 Å². The lowest BCUT2D eigenvalue weighted by Gasteiger charge is -2.17. The zero-order chi connectivity index (χ0) is 11.0. The van der Waals surface area contributed by atoms with E-state index in [-0.39, 0.29) is 5.83 Å². The summed E-state index contributed by atoms with van der Waals surface area (Å²) in [5.41, 5.74) is 0.907. The largest absolute Gasteiger partial charge is 0.304 e. The molecule has 0 fully saturated rings. The number of hydrogen-bond donors (Lipinski definition) is 0. The number of allylic oxidation sites excluding steroid dienone is 2. The van der Waals surface area contributed by atoms with Crippen molar-refractivity contribution in [3.8, 4) is 0 Å². The Labute approximate surface area is 88.0 Å². The average molecular weight is 201 g/mol. The van der Waals surface area contributed by atoms with Crippen molar-refractivity contribution < 1.29 is 4.39 Å². The van der Waals surface area contributed by atoms with E-state index in [1.165, 1.54) is 0 Å². The molecule has 1 nitrogen and oxygen atoms in total. The molecule has 2 heteroatoms. The summed E-state index contributed by atoms with van der Waals surface area (Å²) in [6, 6.07) is 0. The quantitative estimate of drug-likeness (QED) is 0.606. The molecule has 0 saturated heterocycles. The number of nitrogens with zero attached hydrogens (tertiary/aromatic N) is 1. The average Bonchev–Trinajstić information content (AvgIpc) is 2.22. The smallest absolute Gasteiger partial charge is 0.0989 e. The third kappa shape index (κ3) is 5.38. The van der Waals surface area contributed by atoms with E-state index in [0.717, 1.165) is 38.0 Å². The predicted molar refractivity (Wildman–Crippen MR) is 61.1 cm³/mol. The van der Waals surface area contributed by atoms with Gasteiger partial charge in [0.2, 0.25) is 0 Å². The Morgan fingerprint density at radius 2 is 1.71 bits per heavy atom. The molecule has 0 aromatic carbocycles. The Kier molecular flexibility index (Phi) is 7.77.